The molecule has 0 aliphatic carbocycles. The molecule has 122 valence electrons. The number of nitrogens with zero attached hydrogens (tertiary/aromatic N) is 2. The molecule has 0 aromatic heterocycles. The maximum atomic E-state index is 12.4. The lowest BCUT2D eigenvalue weighted by Crippen LogP contribution is -2.34. The minimum atomic E-state index is -0.619. The van der Waals surface area contributed by atoms with E-state index >= 15 is 0 Å². The Hall–Kier alpha value is -2.05. The molecule has 6 nitrogen and oxygen atoms in total. The van der Waals surface area contributed by atoms with E-state index in [0.29, 0.717) is 22.3 Å². The summed E-state index contributed by atoms with van der Waals surface area (Å²) in [6.45, 7) is 3.89. The molecule has 2 amide bonds. The summed E-state index contributed by atoms with van der Waals surface area (Å²) in [5, 5.41) is 8.39. The first kappa shape index (κ1) is 17.3. The van der Waals surface area contributed by atoms with Gasteiger partial charge in [-0.15, -0.1) is 0 Å². The van der Waals surface area contributed by atoms with Crippen molar-refractivity contribution in [1.29, 1.82) is 0 Å². The van der Waals surface area contributed by atoms with Crippen molar-refractivity contribution in [2.45, 2.75) is 13.8 Å². The second-order valence-electron chi connectivity index (χ2n) is 4.67. The number of nitrogens with one attached hydrogen (secondary N) is 1. The van der Waals surface area contributed by atoms with Crippen LogP contribution in [0.25, 0.3) is 0 Å². The normalized spacial score (nSPS) is 17.6. The lowest BCUT2D eigenvalue weighted by molar-refractivity contribution is -0.119. The van der Waals surface area contributed by atoms with Gasteiger partial charge in [0.1, 0.15) is 11.5 Å². The molecule has 1 heterocycles. The van der Waals surface area contributed by atoms with E-state index in [4.69, 9.17) is 27.9 Å². The topological polar surface area (TPSA) is 71.0 Å². The van der Waals surface area contributed by atoms with Gasteiger partial charge in [-0.1, -0.05) is 29.3 Å². The molecule has 0 bridgehead atoms. The fourth-order valence-corrected chi connectivity index (χ4v) is 2.46. The second-order valence-corrected chi connectivity index (χ2v) is 5.49. The molecule has 1 aliphatic rings. The highest BCUT2D eigenvalue weighted by Gasteiger charge is 2.35. The molecular weight excluding hydrogens is 341 g/mol. The van der Waals surface area contributed by atoms with Gasteiger partial charge in [-0.3, -0.25) is 9.59 Å². The van der Waals surface area contributed by atoms with Gasteiger partial charge in [-0.25, -0.2) is 0 Å². The minimum Gasteiger partial charge on any atom is -0.501 e. The van der Waals surface area contributed by atoms with Crippen LogP contribution in [0.5, 0.6) is 0 Å². The number of amides is 2. The second kappa shape index (κ2) is 7.48. The van der Waals surface area contributed by atoms with Crippen molar-refractivity contribution in [3.05, 3.63) is 40.6 Å². The van der Waals surface area contributed by atoms with Crippen LogP contribution in [0.3, 0.4) is 0 Å². The monoisotopic (exact) mass is 355 g/mol. The van der Waals surface area contributed by atoms with Gasteiger partial charge in [0.2, 0.25) is 0 Å². The Morgan fingerprint density at radius 1 is 1.43 bits per heavy atom. The van der Waals surface area contributed by atoms with Crippen molar-refractivity contribution in [3.63, 3.8) is 0 Å². The molecule has 1 aromatic carbocycles. The standard InChI is InChI=1S/C15H15Cl2N3O3/c1-3-23-8-7-12(21)18-14-9(2)15(22)20(19-14)13-10(16)5-4-6-11(13)17/h4-9H,3H2,1-2H3,(H,18,19,21)/b8-7-. The molecule has 1 aliphatic heterocycles. The van der Waals surface area contributed by atoms with Gasteiger partial charge in [0, 0.05) is 6.08 Å². The zero-order valence-electron chi connectivity index (χ0n) is 12.5. The summed E-state index contributed by atoms with van der Waals surface area (Å²) in [7, 11) is 0. The van der Waals surface area contributed by atoms with E-state index in [1.165, 1.54) is 12.3 Å². The van der Waals surface area contributed by atoms with Crippen LogP contribution in [0.2, 0.25) is 10.0 Å². The number of amidine groups is 1. The fourth-order valence-electron chi connectivity index (χ4n) is 1.90. The van der Waals surface area contributed by atoms with Crippen LogP contribution in [0.1, 0.15) is 13.8 Å². The van der Waals surface area contributed by atoms with Crippen molar-refractivity contribution in [2.24, 2.45) is 11.0 Å². The zero-order chi connectivity index (χ0) is 17.0. The van der Waals surface area contributed by atoms with Crippen molar-refractivity contribution in [1.82, 2.24) is 5.32 Å². The number of rotatable bonds is 4. The molecule has 1 unspecified atom stereocenters. The Labute approximate surface area is 143 Å². The summed E-state index contributed by atoms with van der Waals surface area (Å²) in [6, 6.07) is 4.89. The number of ether oxygens (including phenoxy) is 1. The quantitative estimate of drug-likeness (QED) is 0.666. The summed E-state index contributed by atoms with van der Waals surface area (Å²) >= 11 is 12.2. The highest BCUT2D eigenvalue weighted by Crippen LogP contribution is 2.36. The van der Waals surface area contributed by atoms with Crippen LogP contribution in [-0.2, 0) is 14.3 Å². The third-order valence-corrected chi connectivity index (χ3v) is 3.69. The highest BCUT2D eigenvalue weighted by atomic mass is 35.5. The molecule has 0 radical (unpaired) electrons. The fraction of sp³-hybridized carbons (Fsp3) is 0.267. The molecule has 8 heteroatoms. The molecule has 2 rings (SSSR count). The first-order valence-electron chi connectivity index (χ1n) is 6.91. The van der Waals surface area contributed by atoms with Gasteiger partial charge in [-0.2, -0.15) is 10.1 Å². The highest BCUT2D eigenvalue weighted by molar-refractivity contribution is 6.40. The first-order valence-corrected chi connectivity index (χ1v) is 7.67. The van der Waals surface area contributed by atoms with Crippen molar-refractivity contribution in [3.8, 4) is 0 Å². The summed E-state index contributed by atoms with van der Waals surface area (Å²) in [4.78, 5) is 24.1. The number of benzene rings is 1. The van der Waals surface area contributed by atoms with Crippen LogP contribution >= 0.6 is 23.2 Å². The molecule has 0 saturated carbocycles. The van der Waals surface area contributed by atoms with Crippen LogP contribution in [-0.4, -0.2) is 24.3 Å². The first-order chi connectivity index (χ1) is 11.0. The Morgan fingerprint density at radius 3 is 2.70 bits per heavy atom. The van der Waals surface area contributed by atoms with E-state index in [0.717, 1.165) is 5.01 Å². The lowest BCUT2D eigenvalue weighted by atomic mass is 10.1. The molecular formula is C15H15Cl2N3O3. The van der Waals surface area contributed by atoms with Gasteiger partial charge in [0.25, 0.3) is 11.8 Å². The number of carbonyl (C=O) groups excluding carboxylic acids is 2. The molecule has 0 spiro atoms. The van der Waals surface area contributed by atoms with Crippen molar-refractivity contribution in [2.75, 3.05) is 11.6 Å². The van der Waals surface area contributed by atoms with Gasteiger partial charge >= 0.3 is 0 Å². The van der Waals surface area contributed by atoms with Crippen LogP contribution in [0.15, 0.2) is 35.6 Å². The van der Waals surface area contributed by atoms with E-state index in [2.05, 4.69) is 10.4 Å². The molecule has 23 heavy (non-hydrogen) atoms. The van der Waals surface area contributed by atoms with Gasteiger partial charge in [-0.05, 0) is 26.0 Å². The van der Waals surface area contributed by atoms with Gasteiger partial charge in [0.15, 0.2) is 0 Å². The Balaban J connectivity index is 2.22. The van der Waals surface area contributed by atoms with E-state index in [1.54, 1.807) is 32.0 Å². The Bertz CT molecular complexity index is 668. The summed E-state index contributed by atoms with van der Waals surface area (Å²) in [6.07, 6.45) is 2.49. The summed E-state index contributed by atoms with van der Waals surface area (Å²) in [5.74, 6) is -1.17. The number of para-hydroxylation sites is 1. The molecule has 1 N–H and O–H groups in total. The van der Waals surface area contributed by atoms with Crippen LogP contribution in [0.4, 0.5) is 5.69 Å². The Kier molecular flexibility index (Phi) is 5.63. The summed E-state index contributed by atoms with van der Waals surface area (Å²) in [5.41, 5.74) is 0.293. The maximum absolute atomic E-state index is 12.4. The van der Waals surface area contributed by atoms with E-state index < -0.39 is 11.8 Å². The smallest absolute Gasteiger partial charge is 0.258 e. The number of hydrazone groups is 1. The third-order valence-electron chi connectivity index (χ3n) is 3.08. The largest absolute Gasteiger partial charge is 0.501 e. The molecule has 0 fully saturated rings. The zero-order valence-corrected chi connectivity index (χ0v) is 14.1. The van der Waals surface area contributed by atoms with E-state index in [9.17, 15) is 9.59 Å². The average Bonchev–Trinajstić information content (AvgIpc) is 2.76. The predicted molar refractivity (Wildman–Crippen MR) is 89.5 cm³/mol. The number of carbonyl (C=O) groups is 2. The predicted octanol–water partition coefficient (Wildman–Crippen LogP) is 2.96. The van der Waals surface area contributed by atoms with Crippen molar-refractivity contribution >= 4 is 46.5 Å². The minimum absolute atomic E-state index is 0.220. The summed E-state index contributed by atoms with van der Waals surface area (Å²) < 4.78 is 4.94. The number of hydrogen-bond acceptors (Lipinski definition) is 4. The lowest BCUT2D eigenvalue weighted by Gasteiger charge is -2.15. The van der Waals surface area contributed by atoms with Crippen molar-refractivity contribution < 1.29 is 14.3 Å². The third kappa shape index (κ3) is 3.83. The SMILES string of the molecule is CCO/C=C\C(=O)NC1=NN(c2c(Cl)cccc2Cl)C(=O)C1C. The number of anilines is 1. The van der Waals surface area contributed by atoms with E-state index in [-0.39, 0.29) is 11.7 Å². The Morgan fingerprint density at radius 2 is 2.09 bits per heavy atom. The molecule has 0 saturated heterocycles. The van der Waals surface area contributed by atoms with Crippen LogP contribution in [0, 0.1) is 5.92 Å². The number of halogens is 2. The van der Waals surface area contributed by atoms with E-state index in [1.807, 2.05) is 0 Å². The number of hydrogen-bond donors (Lipinski definition) is 1. The molecule has 1 aromatic rings. The van der Waals surface area contributed by atoms with Crippen LogP contribution < -0.4 is 10.3 Å². The van der Waals surface area contributed by atoms with Gasteiger partial charge in [0.05, 0.1) is 28.8 Å². The maximum Gasteiger partial charge on any atom is 0.258 e. The molecule has 1 atom stereocenters. The average molecular weight is 356 g/mol. The van der Waals surface area contributed by atoms with Gasteiger partial charge < -0.3 is 10.1 Å².